The molecule has 0 bridgehead atoms. The van der Waals surface area contributed by atoms with Crippen molar-refractivity contribution in [3.63, 3.8) is 0 Å². The molecule has 0 spiro atoms. The Morgan fingerprint density at radius 1 is 1.11 bits per heavy atom. The molecule has 19 heavy (non-hydrogen) atoms. The van der Waals surface area contributed by atoms with Gasteiger partial charge in [0, 0.05) is 10.5 Å². The van der Waals surface area contributed by atoms with Crippen molar-refractivity contribution in [3.05, 3.63) is 34.3 Å². The first kappa shape index (κ1) is 17.1. The van der Waals surface area contributed by atoms with Crippen LogP contribution < -0.4 is 5.32 Å². The molecule has 1 rings (SSSR count). The number of halogens is 1. The van der Waals surface area contributed by atoms with E-state index in [-0.39, 0.29) is 0 Å². The van der Waals surface area contributed by atoms with Crippen molar-refractivity contribution in [1.29, 1.82) is 0 Å². The van der Waals surface area contributed by atoms with Gasteiger partial charge in [-0.2, -0.15) is 11.8 Å². The Morgan fingerprint density at radius 3 is 2.42 bits per heavy atom. The van der Waals surface area contributed by atoms with Crippen molar-refractivity contribution in [3.8, 4) is 0 Å². The average Bonchev–Trinajstić information content (AvgIpc) is 2.43. The van der Waals surface area contributed by atoms with Crippen LogP contribution in [0.4, 0.5) is 0 Å². The third-order valence-corrected chi connectivity index (χ3v) is 4.57. The predicted molar refractivity (Wildman–Crippen MR) is 92.0 cm³/mol. The fourth-order valence-electron chi connectivity index (χ4n) is 2.19. The van der Waals surface area contributed by atoms with Crippen LogP contribution in [-0.2, 0) is 0 Å². The quantitative estimate of drug-likeness (QED) is 0.569. The van der Waals surface area contributed by atoms with Gasteiger partial charge in [0.25, 0.3) is 0 Å². The Hall–Kier alpha value is 0.01000. The molecule has 0 aliphatic carbocycles. The van der Waals surface area contributed by atoms with Crippen molar-refractivity contribution < 1.29 is 0 Å². The van der Waals surface area contributed by atoms with Crippen LogP contribution in [0.2, 0.25) is 0 Å². The Balaban J connectivity index is 2.20. The van der Waals surface area contributed by atoms with Gasteiger partial charge in [-0.1, -0.05) is 47.8 Å². The van der Waals surface area contributed by atoms with Gasteiger partial charge < -0.3 is 5.32 Å². The van der Waals surface area contributed by atoms with Gasteiger partial charge in [-0.05, 0) is 55.5 Å². The fourth-order valence-corrected chi connectivity index (χ4v) is 2.95. The Bertz CT molecular complexity index is 326. The second kappa shape index (κ2) is 10.8. The van der Waals surface area contributed by atoms with Crippen LogP contribution in [0.1, 0.15) is 50.6 Å². The van der Waals surface area contributed by atoms with E-state index >= 15 is 0 Å². The van der Waals surface area contributed by atoms with Gasteiger partial charge in [0.2, 0.25) is 0 Å². The first-order valence-electron chi connectivity index (χ1n) is 7.25. The zero-order valence-electron chi connectivity index (χ0n) is 12.1. The topological polar surface area (TPSA) is 12.0 Å². The molecule has 0 aliphatic rings. The molecule has 1 unspecified atom stereocenters. The maximum Gasteiger partial charge on any atom is 0.0317 e. The minimum atomic E-state index is 0.499. The van der Waals surface area contributed by atoms with Crippen LogP contribution >= 0.6 is 27.7 Å². The van der Waals surface area contributed by atoms with Gasteiger partial charge in [-0.15, -0.1) is 0 Å². The second-order valence-corrected chi connectivity index (χ2v) is 6.77. The summed E-state index contributed by atoms with van der Waals surface area (Å²) < 4.78 is 1.15. The summed E-state index contributed by atoms with van der Waals surface area (Å²) in [4.78, 5) is 0. The van der Waals surface area contributed by atoms with Crippen molar-refractivity contribution in [2.45, 2.75) is 45.1 Å². The van der Waals surface area contributed by atoms with E-state index in [4.69, 9.17) is 0 Å². The second-order valence-electron chi connectivity index (χ2n) is 4.87. The lowest BCUT2D eigenvalue weighted by molar-refractivity contribution is 0.498. The maximum absolute atomic E-state index is 3.68. The molecule has 0 aliphatic heterocycles. The summed E-state index contributed by atoms with van der Waals surface area (Å²) in [6.07, 6.45) is 8.72. The highest BCUT2D eigenvalue weighted by atomic mass is 79.9. The normalized spacial score (nSPS) is 12.6. The largest absolute Gasteiger partial charge is 0.310 e. The van der Waals surface area contributed by atoms with Gasteiger partial charge >= 0.3 is 0 Å². The number of rotatable bonds is 10. The molecular weight excluding hydrogens is 318 g/mol. The highest BCUT2D eigenvalue weighted by Crippen LogP contribution is 2.19. The summed E-state index contributed by atoms with van der Waals surface area (Å²) in [7, 11) is 0. The first-order valence-corrected chi connectivity index (χ1v) is 9.44. The zero-order chi connectivity index (χ0) is 13.9. The molecule has 1 atom stereocenters. The summed E-state index contributed by atoms with van der Waals surface area (Å²) in [5, 5.41) is 3.68. The summed E-state index contributed by atoms with van der Waals surface area (Å²) in [5.74, 6) is 1.31. The molecule has 1 aromatic carbocycles. The lowest BCUT2D eigenvalue weighted by Gasteiger charge is -2.17. The van der Waals surface area contributed by atoms with Crippen LogP contribution in [0.15, 0.2) is 28.7 Å². The number of thioether (sulfide) groups is 1. The minimum Gasteiger partial charge on any atom is -0.310 e. The third kappa shape index (κ3) is 7.38. The third-order valence-electron chi connectivity index (χ3n) is 3.35. The van der Waals surface area contributed by atoms with Gasteiger partial charge in [0.1, 0.15) is 0 Å². The monoisotopic (exact) mass is 343 g/mol. The molecule has 0 saturated heterocycles. The molecule has 0 radical (unpaired) electrons. The van der Waals surface area contributed by atoms with Crippen molar-refractivity contribution in [2.75, 3.05) is 18.6 Å². The van der Waals surface area contributed by atoms with E-state index in [1.165, 1.54) is 37.0 Å². The molecule has 0 amide bonds. The van der Waals surface area contributed by atoms with Crippen LogP contribution in [0.3, 0.4) is 0 Å². The van der Waals surface area contributed by atoms with Crippen LogP contribution in [0.5, 0.6) is 0 Å². The van der Waals surface area contributed by atoms with Crippen LogP contribution in [0, 0.1) is 0 Å². The van der Waals surface area contributed by atoms with E-state index in [1.54, 1.807) is 0 Å². The predicted octanol–water partition coefficient (Wildman–Crippen LogP) is 5.41. The molecule has 3 heteroatoms. The van der Waals surface area contributed by atoms with Gasteiger partial charge in [0.15, 0.2) is 0 Å². The van der Waals surface area contributed by atoms with Gasteiger partial charge in [-0.25, -0.2) is 0 Å². The average molecular weight is 344 g/mol. The summed E-state index contributed by atoms with van der Waals surface area (Å²) in [6, 6.07) is 9.18. The molecule has 1 aromatic rings. The van der Waals surface area contributed by atoms with Crippen molar-refractivity contribution >= 4 is 27.7 Å². The van der Waals surface area contributed by atoms with E-state index in [9.17, 15) is 0 Å². The summed E-state index contributed by atoms with van der Waals surface area (Å²) >= 11 is 5.44. The molecule has 0 aromatic heterocycles. The lowest BCUT2D eigenvalue weighted by Crippen LogP contribution is -2.21. The lowest BCUT2D eigenvalue weighted by atomic mass is 10.0. The van der Waals surface area contributed by atoms with E-state index in [0.29, 0.717) is 6.04 Å². The summed E-state index contributed by atoms with van der Waals surface area (Å²) in [6.45, 7) is 3.38. The standard InChI is InChI=1S/C16H26BrNS/c1-3-16(14-8-10-15(17)11-9-14)18-12-6-4-5-7-13-19-2/h8-11,16,18H,3-7,12-13H2,1-2H3. The Labute approximate surface area is 131 Å². The minimum absolute atomic E-state index is 0.499. The van der Waals surface area contributed by atoms with E-state index in [1.807, 2.05) is 11.8 Å². The van der Waals surface area contributed by atoms with E-state index in [0.717, 1.165) is 17.4 Å². The first-order chi connectivity index (χ1) is 9.27. The molecule has 108 valence electrons. The van der Waals surface area contributed by atoms with Gasteiger partial charge in [0.05, 0.1) is 0 Å². The number of hydrogen-bond acceptors (Lipinski definition) is 2. The smallest absolute Gasteiger partial charge is 0.0317 e. The summed E-state index contributed by atoms with van der Waals surface area (Å²) in [5.41, 5.74) is 1.40. The number of nitrogens with one attached hydrogen (secondary N) is 1. The Morgan fingerprint density at radius 2 is 1.79 bits per heavy atom. The van der Waals surface area contributed by atoms with E-state index in [2.05, 4.69) is 58.7 Å². The van der Waals surface area contributed by atoms with Crippen molar-refractivity contribution in [2.24, 2.45) is 0 Å². The van der Waals surface area contributed by atoms with Crippen molar-refractivity contribution in [1.82, 2.24) is 5.32 Å². The molecule has 0 saturated carbocycles. The number of unbranched alkanes of at least 4 members (excludes halogenated alkanes) is 3. The SMILES string of the molecule is CCC(NCCCCCCSC)c1ccc(Br)cc1. The highest BCUT2D eigenvalue weighted by molar-refractivity contribution is 9.10. The van der Waals surface area contributed by atoms with Crippen LogP contribution in [0.25, 0.3) is 0 Å². The molecule has 1 nitrogen and oxygen atoms in total. The van der Waals surface area contributed by atoms with Gasteiger partial charge in [-0.3, -0.25) is 0 Å². The highest BCUT2D eigenvalue weighted by Gasteiger charge is 2.07. The fraction of sp³-hybridized carbons (Fsp3) is 0.625. The number of hydrogen-bond donors (Lipinski definition) is 1. The zero-order valence-corrected chi connectivity index (χ0v) is 14.5. The van der Waals surface area contributed by atoms with E-state index < -0.39 is 0 Å². The molecule has 1 N–H and O–H groups in total. The molecule has 0 fully saturated rings. The molecular formula is C16H26BrNS. The number of benzene rings is 1. The maximum atomic E-state index is 3.68. The Kier molecular flexibility index (Phi) is 9.66. The van der Waals surface area contributed by atoms with Crippen LogP contribution in [-0.4, -0.2) is 18.6 Å². The molecule has 0 heterocycles.